The summed E-state index contributed by atoms with van der Waals surface area (Å²) in [7, 11) is 0. The number of benzene rings is 2. The molecule has 3 aromatic rings. The highest BCUT2D eigenvalue weighted by Gasteiger charge is 2.33. The second kappa shape index (κ2) is 6.70. The van der Waals surface area contributed by atoms with E-state index in [4.69, 9.17) is 5.26 Å². The fourth-order valence-corrected chi connectivity index (χ4v) is 3.01. The summed E-state index contributed by atoms with van der Waals surface area (Å²) >= 11 is 3.34. The van der Waals surface area contributed by atoms with Gasteiger partial charge in [-0.2, -0.15) is 23.7 Å². The smallest absolute Gasteiger partial charge is 0.361 e. The van der Waals surface area contributed by atoms with Crippen molar-refractivity contribution in [2.75, 3.05) is 0 Å². The molecule has 7 heteroatoms. The summed E-state index contributed by atoms with van der Waals surface area (Å²) in [5.41, 5.74) is 0.270. The number of rotatable bonds is 2. The van der Waals surface area contributed by atoms with E-state index in [2.05, 4.69) is 20.9 Å². The summed E-state index contributed by atoms with van der Waals surface area (Å²) in [5, 5.41) is 19.2. The van der Waals surface area contributed by atoms with Crippen LogP contribution in [-0.4, -0.2) is 4.98 Å². The minimum atomic E-state index is -4.59. The summed E-state index contributed by atoms with van der Waals surface area (Å²) in [4.78, 5) is 3.00. The van der Waals surface area contributed by atoms with Crippen LogP contribution in [0.1, 0.15) is 22.3 Å². The predicted molar refractivity (Wildman–Crippen MR) is 95.6 cm³/mol. The van der Waals surface area contributed by atoms with Gasteiger partial charge in [-0.1, -0.05) is 15.9 Å². The lowest BCUT2D eigenvalue weighted by Crippen LogP contribution is -2.07. The van der Waals surface area contributed by atoms with Gasteiger partial charge in [-0.25, -0.2) is 0 Å². The minimum Gasteiger partial charge on any atom is -0.361 e. The van der Waals surface area contributed by atoms with Crippen molar-refractivity contribution in [3.05, 3.63) is 69.3 Å². The molecule has 0 aliphatic carbocycles. The largest absolute Gasteiger partial charge is 0.416 e. The van der Waals surface area contributed by atoms with Gasteiger partial charge in [0.1, 0.15) is 0 Å². The first-order valence-corrected chi connectivity index (χ1v) is 8.13. The highest BCUT2D eigenvalue weighted by molar-refractivity contribution is 9.10. The molecule has 128 valence electrons. The number of aromatic nitrogens is 1. The third kappa shape index (κ3) is 3.35. The molecular formula is C19H9BrF3N3. The van der Waals surface area contributed by atoms with Gasteiger partial charge < -0.3 is 4.98 Å². The number of nitrogens with zero attached hydrogens (tertiary/aromatic N) is 2. The molecule has 1 aromatic heterocycles. The molecule has 3 nitrogen and oxygen atoms in total. The Hall–Kier alpha value is -3.03. The molecule has 1 N–H and O–H groups in total. The topological polar surface area (TPSA) is 63.4 Å². The Labute approximate surface area is 155 Å². The maximum atomic E-state index is 13.3. The number of hydrogen-bond acceptors (Lipinski definition) is 2. The summed E-state index contributed by atoms with van der Waals surface area (Å²) in [6, 6.07) is 12.3. The van der Waals surface area contributed by atoms with Crippen LogP contribution in [0.5, 0.6) is 0 Å². The van der Waals surface area contributed by atoms with E-state index in [1.54, 1.807) is 18.3 Å². The molecule has 3 rings (SSSR count). The Morgan fingerprint density at radius 3 is 2.54 bits per heavy atom. The normalized spacial score (nSPS) is 12.0. The van der Waals surface area contributed by atoms with E-state index in [9.17, 15) is 18.4 Å². The van der Waals surface area contributed by atoms with Crippen LogP contribution >= 0.6 is 15.9 Å². The van der Waals surface area contributed by atoms with E-state index in [1.165, 1.54) is 0 Å². The average molecular weight is 416 g/mol. The summed E-state index contributed by atoms with van der Waals surface area (Å²) in [5.74, 6) is 0. The molecule has 26 heavy (non-hydrogen) atoms. The fraction of sp³-hybridized carbons (Fsp3) is 0.0526. The first kappa shape index (κ1) is 17.8. The maximum Gasteiger partial charge on any atom is 0.416 e. The van der Waals surface area contributed by atoms with Gasteiger partial charge in [0, 0.05) is 27.1 Å². The van der Waals surface area contributed by atoms with Crippen molar-refractivity contribution in [2.45, 2.75) is 6.18 Å². The van der Waals surface area contributed by atoms with Crippen molar-refractivity contribution < 1.29 is 13.2 Å². The van der Waals surface area contributed by atoms with Crippen molar-refractivity contribution in [1.82, 2.24) is 4.98 Å². The van der Waals surface area contributed by atoms with E-state index >= 15 is 0 Å². The van der Waals surface area contributed by atoms with Gasteiger partial charge in [-0.05, 0) is 48.0 Å². The third-order valence-corrected chi connectivity index (χ3v) is 4.33. The lowest BCUT2D eigenvalue weighted by Gasteiger charge is -2.11. The average Bonchev–Trinajstić information content (AvgIpc) is 3.01. The van der Waals surface area contributed by atoms with Crippen molar-refractivity contribution >= 4 is 38.5 Å². The van der Waals surface area contributed by atoms with Gasteiger partial charge in [-0.15, -0.1) is 0 Å². The van der Waals surface area contributed by atoms with Crippen LogP contribution in [0.3, 0.4) is 0 Å². The van der Waals surface area contributed by atoms with Gasteiger partial charge in [0.15, 0.2) is 0 Å². The molecule has 2 aromatic carbocycles. The number of H-pyrrole nitrogens is 1. The maximum absolute atomic E-state index is 13.3. The molecule has 0 bridgehead atoms. The summed E-state index contributed by atoms with van der Waals surface area (Å²) in [6.07, 6.45) is -1.86. The van der Waals surface area contributed by atoms with E-state index in [1.807, 2.05) is 18.2 Å². The molecule has 0 saturated heterocycles. The predicted octanol–water partition coefficient (Wildman–Crippen LogP) is 5.89. The van der Waals surface area contributed by atoms with Gasteiger partial charge >= 0.3 is 6.18 Å². The van der Waals surface area contributed by atoms with Crippen LogP contribution in [0.2, 0.25) is 0 Å². The van der Waals surface area contributed by atoms with Crippen molar-refractivity contribution in [1.29, 1.82) is 10.5 Å². The van der Waals surface area contributed by atoms with Gasteiger partial charge in [0.25, 0.3) is 0 Å². The number of alkyl halides is 3. The zero-order chi connectivity index (χ0) is 18.9. The standard InChI is InChI=1S/C19H9BrF3N3/c20-14-2-4-18-15(7-14)16(10-26-18)13(9-25)6-12-5-11(8-24)1-3-17(12)19(21,22)23/h1-7,10,26H/b13-6+. The van der Waals surface area contributed by atoms with Gasteiger partial charge in [0.05, 0.1) is 28.8 Å². The Kier molecular flexibility index (Phi) is 4.58. The summed E-state index contributed by atoms with van der Waals surface area (Å²) < 4.78 is 40.6. The highest BCUT2D eigenvalue weighted by Crippen LogP contribution is 2.35. The number of nitrogens with one attached hydrogen (secondary N) is 1. The minimum absolute atomic E-state index is 0.0648. The number of hydrogen-bond donors (Lipinski definition) is 1. The molecule has 0 atom stereocenters. The van der Waals surface area contributed by atoms with Crippen LogP contribution in [-0.2, 0) is 6.18 Å². The van der Waals surface area contributed by atoms with Crippen LogP contribution in [0.4, 0.5) is 13.2 Å². The molecule has 0 fully saturated rings. The molecule has 0 aliphatic heterocycles. The first-order valence-electron chi connectivity index (χ1n) is 7.33. The van der Waals surface area contributed by atoms with E-state index < -0.39 is 11.7 Å². The zero-order valence-electron chi connectivity index (χ0n) is 13.0. The second-order valence-corrected chi connectivity index (χ2v) is 6.39. The third-order valence-electron chi connectivity index (χ3n) is 3.84. The first-order chi connectivity index (χ1) is 12.3. The Bertz CT molecular complexity index is 1110. The number of nitriles is 2. The fourth-order valence-electron chi connectivity index (χ4n) is 2.65. The van der Waals surface area contributed by atoms with Gasteiger partial charge in [-0.3, -0.25) is 0 Å². The molecular weight excluding hydrogens is 407 g/mol. The van der Waals surface area contributed by atoms with E-state index in [0.29, 0.717) is 10.9 Å². The number of aromatic amines is 1. The molecule has 1 heterocycles. The highest BCUT2D eigenvalue weighted by atomic mass is 79.9. The Balaban J connectivity index is 2.23. The van der Waals surface area contributed by atoms with Crippen molar-refractivity contribution in [2.24, 2.45) is 0 Å². The molecule has 0 amide bonds. The van der Waals surface area contributed by atoms with Crippen LogP contribution in [0.25, 0.3) is 22.6 Å². The van der Waals surface area contributed by atoms with E-state index in [-0.39, 0.29) is 16.7 Å². The molecule has 0 saturated carbocycles. The van der Waals surface area contributed by atoms with Crippen LogP contribution < -0.4 is 0 Å². The summed E-state index contributed by atoms with van der Waals surface area (Å²) in [6.45, 7) is 0. The van der Waals surface area contributed by atoms with Gasteiger partial charge in [0.2, 0.25) is 0 Å². The van der Waals surface area contributed by atoms with Crippen LogP contribution in [0.15, 0.2) is 47.1 Å². The van der Waals surface area contributed by atoms with E-state index in [0.717, 1.165) is 34.3 Å². The molecule has 0 spiro atoms. The lowest BCUT2D eigenvalue weighted by molar-refractivity contribution is -0.137. The quantitative estimate of drug-likeness (QED) is 0.530. The lowest BCUT2D eigenvalue weighted by atomic mass is 9.98. The number of fused-ring (bicyclic) bond motifs is 1. The SMILES string of the molecule is N#C/C(=C\c1cc(C#N)ccc1C(F)(F)F)c1c[nH]c2ccc(Br)cc12. The number of allylic oxidation sites excluding steroid dienone is 1. The second-order valence-electron chi connectivity index (χ2n) is 5.47. The molecule has 0 radical (unpaired) electrons. The van der Waals surface area contributed by atoms with Crippen LogP contribution in [0, 0.1) is 22.7 Å². The Morgan fingerprint density at radius 2 is 1.88 bits per heavy atom. The molecule has 0 unspecified atom stereocenters. The monoisotopic (exact) mass is 415 g/mol. The van der Waals surface area contributed by atoms with Crippen molar-refractivity contribution in [3.63, 3.8) is 0 Å². The molecule has 0 aliphatic rings. The number of halogens is 4. The zero-order valence-corrected chi connectivity index (χ0v) is 14.6. The Morgan fingerprint density at radius 1 is 1.12 bits per heavy atom. The van der Waals surface area contributed by atoms with Crippen molar-refractivity contribution in [3.8, 4) is 12.1 Å².